The van der Waals surface area contributed by atoms with Crippen molar-refractivity contribution in [2.24, 2.45) is 0 Å². The summed E-state index contributed by atoms with van der Waals surface area (Å²) < 4.78 is 1.72. The van der Waals surface area contributed by atoms with Crippen molar-refractivity contribution >= 4 is 0 Å². The Balaban J connectivity index is 2.10. The van der Waals surface area contributed by atoms with Gasteiger partial charge in [-0.3, -0.25) is 9.89 Å². The molecule has 0 bridgehead atoms. The quantitative estimate of drug-likeness (QED) is 0.845. The third-order valence-corrected chi connectivity index (χ3v) is 2.50. The van der Waals surface area contributed by atoms with Gasteiger partial charge in [-0.25, -0.2) is 0 Å². The minimum atomic E-state index is 0.0397. The molecule has 2 aromatic rings. The van der Waals surface area contributed by atoms with Crippen LogP contribution in [0.4, 0.5) is 0 Å². The van der Waals surface area contributed by atoms with Gasteiger partial charge in [0.15, 0.2) is 0 Å². The predicted octanol–water partition coefficient (Wildman–Crippen LogP) is 1.43. The average molecular weight is 217 g/mol. The van der Waals surface area contributed by atoms with Crippen LogP contribution in [0, 0.1) is 13.8 Å². The van der Waals surface area contributed by atoms with Crippen LogP contribution in [0.1, 0.15) is 17.0 Å². The number of hydrogen-bond donors (Lipinski definition) is 1. The van der Waals surface area contributed by atoms with Gasteiger partial charge in [-0.05, 0) is 25.5 Å². The second-order valence-electron chi connectivity index (χ2n) is 4.03. The summed E-state index contributed by atoms with van der Waals surface area (Å²) >= 11 is 0. The summed E-state index contributed by atoms with van der Waals surface area (Å²) in [4.78, 5) is 11.5. The Bertz CT molecular complexity index is 539. The summed E-state index contributed by atoms with van der Waals surface area (Å²) in [5, 5.41) is 7.04. The number of nitrogens with one attached hydrogen (secondary N) is 1. The van der Waals surface area contributed by atoms with Crippen LogP contribution in [0.25, 0.3) is 0 Å². The second-order valence-corrected chi connectivity index (χ2v) is 4.03. The first kappa shape index (κ1) is 10.7. The van der Waals surface area contributed by atoms with Gasteiger partial charge >= 0.3 is 0 Å². The Hall–Kier alpha value is -1.84. The molecule has 0 fully saturated rings. The molecule has 0 atom stereocenters. The lowest BCUT2D eigenvalue weighted by Crippen LogP contribution is -2.19. The molecule has 0 saturated carbocycles. The van der Waals surface area contributed by atoms with Crippen LogP contribution in [0.5, 0.6) is 0 Å². The molecule has 4 nitrogen and oxygen atoms in total. The molecule has 0 unspecified atom stereocenters. The maximum absolute atomic E-state index is 11.5. The SMILES string of the molecule is Cc1ccc(=O)n(CCc2cc(C)[nH]n2)c1. The molecule has 0 amide bonds. The average Bonchev–Trinajstić information content (AvgIpc) is 2.66. The van der Waals surface area contributed by atoms with Gasteiger partial charge in [0.1, 0.15) is 0 Å². The van der Waals surface area contributed by atoms with Gasteiger partial charge in [-0.2, -0.15) is 5.10 Å². The van der Waals surface area contributed by atoms with Crippen LogP contribution in [0.15, 0.2) is 29.2 Å². The Morgan fingerprint density at radius 3 is 2.88 bits per heavy atom. The van der Waals surface area contributed by atoms with Gasteiger partial charge in [0.25, 0.3) is 5.56 Å². The van der Waals surface area contributed by atoms with Crippen molar-refractivity contribution < 1.29 is 0 Å². The van der Waals surface area contributed by atoms with Gasteiger partial charge in [0.05, 0.1) is 5.69 Å². The molecule has 0 radical (unpaired) electrons. The predicted molar refractivity (Wildman–Crippen MR) is 62.5 cm³/mol. The largest absolute Gasteiger partial charge is 0.315 e. The number of aromatic nitrogens is 3. The number of aromatic amines is 1. The van der Waals surface area contributed by atoms with E-state index < -0.39 is 0 Å². The minimum absolute atomic E-state index is 0.0397. The molecule has 4 heteroatoms. The highest BCUT2D eigenvalue weighted by molar-refractivity contribution is 5.09. The van der Waals surface area contributed by atoms with E-state index in [1.807, 2.05) is 32.2 Å². The summed E-state index contributed by atoms with van der Waals surface area (Å²) in [7, 11) is 0. The van der Waals surface area contributed by atoms with Gasteiger partial charge < -0.3 is 4.57 Å². The zero-order valence-corrected chi connectivity index (χ0v) is 9.53. The van der Waals surface area contributed by atoms with E-state index in [1.165, 1.54) is 0 Å². The maximum Gasteiger partial charge on any atom is 0.250 e. The molecule has 0 saturated heterocycles. The van der Waals surface area contributed by atoms with E-state index in [-0.39, 0.29) is 5.56 Å². The molecule has 2 aromatic heterocycles. The highest BCUT2D eigenvalue weighted by atomic mass is 16.1. The van der Waals surface area contributed by atoms with Crippen LogP contribution in [0.3, 0.4) is 0 Å². The summed E-state index contributed by atoms with van der Waals surface area (Å²) in [5.74, 6) is 0. The molecule has 2 heterocycles. The van der Waals surface area contributed by atoms with Gasteiger partial charge in [-0.15, -0.1) is 0 Å². The van der Waals surface area contributed by atoms with E-state index in [2.05, 4.69) is 10.2 Å². The zero-order chi connectivity index (χ0) is 11.5. The molecule has 0 spiro atoms. The number of pyridine rings is 1. The monoisotopic (exact) mass is 217 g/mol. The molecule has 0 aromatic carbocycles. The van der Waals surface area contributed by atoms with Crippen molar-refractivity contribution in [1.29, 1.82) is 0 Å². The highest BCUT2D eigenvalue weighted by Gasteiger charge is 2.00. The van der Waals surface area contributed by atoms with Gasteiger partial charge in [-0.1, -0.05) is 6.07 Å². The lowest BCUT2D eigenvalue weighted by molar-refractivity contribution is 0.656. The third kappa shape index (κ3) is 2.39. The number of hydrogen-bond acceptors (Lipinski definition) is 2. The molecule has 16 heavy (non-hydrogen) atoms. The van der Waals surface area contributed by atoms with Crippen LogP contribution in [0.2, 0.25) is 0 Å². The fraction of sp³-hybridized carbons (Fsp3) is 0.333. The lowest BCUT2D eigenvalue weighted by atomic mass is 10.2. The smallest absolute Gasteiger partial charge is 0.250 e. The number of rotatable bonds is 3. The Labute approximate surface area is 93.9 Å². The van der Waals surface area contributed by atoms with Crippen molar-refractivity contribution in [3.05, 3.63) is 51.7 Å². The fourth-order valence-electron chi connectivity index (χ4n) is 1.66. The molecule has 2 rings (SSSR count). The van der Waals surface area contributed by atoms with Crippen molar-refractivity contribution in [3.63, 3.8) is 0 Å². The molecule has 0 aliphatic carbocycles. The third-order valence-electron chi connectivity index (χ3n) is 2.50. The highest BCUT2D eigenvalue weighted by Crippen LogP contribution is 2.00. The first-order valence-electron chi connectivity index (χ1n) is 5.33. The van der Waals surface area contributed by atoms with Crippen molar-refractivity contribution in [2.75, 3.05) is 0 Å². The number of aryl methyl sites for hydroxylation is 4. The van der Waals surface area contributed by atoms with Crippen molar-refractivity contribution in [3.8, 4) is 0 Å². The fourth-order valence-corrected chi connectivity index (χ4v) is 1.66. The number of nitrogens with zero attached hydrogens (tertiary/aromatic N) is 2. The van der Waals surface area contributed by atoms with E-state index in [4.69, 9.17) is 0 Å². The van der Waals surface area contributed by atoms with Crippen molar-refractivity contribution in [2.45, 2.75) is 26.8 Å². The van der Waals surface area contributed by atoms with Crippen LogP contribution >= 0.6 is 0 Å². The molecule has 84 valence electrons. The Kier molecular flexibility index (Phi) is 2.90. The summed E-state index contributed by atoms with van der Waals surface area (Å²) in [6, 6.07) is 5.43. The number of H-pyrrole nitrogens is 1. The zero-order valence-electron chi connectivity index (χ0n) is 9.53. The lowest BCUT2D eigenvalue weighted by Gasteiger charge is -2.04. The standard InChI is InChI=1S/C12H15N3O/c1-9-3-4-12(16)15(8-9)6-5-11-7-10(2)13-14-11/h3-4,7-8H,5-6H2,1-2H3,(H,13,14). The molecule has 1 N–H and O–H groups in total. The Morgan fingerprint density at radius 1 is 1.38 bits per heavy atom. The Morgan fingerprint density at radius 2 is 2.19 bits per heavy atom. The van der Waals surface area contributed by atoms with Crippen LogP contribution in [-0.2, 0) is 13.0 Å². The first-order valence-corrected chi connectivity index (χ1v) is 5.33. The van der Waals surface area contributed by atoms with E-state index in [1.54, 1.807) is 10.6 Å². The minimum Gasteiger partial charge on any atom is -0.315 e. The van der Waals surface area contributed by atoms with Gasteiger partial charge in [0, 0.05) is 30.9 Å². The topological polar surface area (TPSA) is 50.7 Å². The molecular weight excluding hydrogens is 202 g/mol. The molecule has 0 aliphatic rings. The summed E-state index contributed by atoms with van der Waals surface area (Å²) in [6.07, 6.45) is 2.65. The maximum atomic E-state index is 11.5. The summed E-state index contributed by atoms with van der Waals surface area (Å²) in [6.45, 7) is 4.62. The molecule has 0 aliphatic heterocycles. The molecular formula is C12H15N3O. The normalized spacial score (nSPS) is 10.6. The summed E-state index contributed by atoms with van der Waals surface area (Å²) in [5.41, 5.74) is 3.17. The van der Waals surface area contributed by atoms with Crippen molar-refractivity contribution in [1.82, 2.24) is 14.8 Å². The van der Waals surface area contributed by atoms with Gasteiger partial charge in [0.2, 0.25) is 0 Å². The van der Waals surface area contributed by atoms with Crippen LogP contribution < -0.4 is 5.56 Å². The van der Waals surface area contributed by atoms with Crippen LogP contribution in [-0.4, -0.2) is 14.8 Å². The van der Waals surface area contributed by atoms with E-state index in [9.17, 15) is 4.79 Å². The van der Waals surface area contributed by atoms with E-state index in [0.29, 0.717) is 6.54 Å². The van der Waals surface area contributed by atoms with E-state index in [0.717, 1.165) is 23.4 Å². The second kappa shape index (κ2) is 4.35. The first-order chi connectivity index (χ1) is 7.65. The van der Waals surface area contributed by atoms with E-state index >= 15 is 0 Å².